The van der Waals surface area contributed by atoms with Crippen molar-refractivity contribution in [2.75, 3.05) is 18.4 Å². The monoisotopic (exact) mass is 419 g/mol. The molecule has 5 nitrogen and oxygen atoms in total. The van der Waals surface area contributed by atoms with Gasteiger partial charge in [-0.2, -0.15) is 0 Å². The lowest BCUT2D eigenvalue weighted by molar-refractivity contribution is -0.134. The van der Waals surface area contributed by atoms with Gasteiger partial charge in [0.25, 0.3) is 0 Å². The van der Waals surface area contributed by atoms with E-state index in [0.717, 1.165) is 34.8 Å². The molecule has 1 N–H and O–H groups in total. The third kappa shape index (κ3) is 4.94. The van der Waals surface area contributed by atoms with Crippen LogP contribution >= 0.6 is 11.3 Å². The van der Waals surface area contributed by atoms with Gasteiger partial charge in [0.1, 0.15) is 5.01 Å². The summed E-state index contributed by atoms with van der Waals surface area (Å²) in [4.78, 5) is 31.9. The Morgan fingerprint density at radius 1 is 1.13 bits per heavy atom. The number of nitrogens with zero attached hydrogens (tertiary/aromatic N) is 2. The first kappa shape index (κ1) is 20.3. The Balaban J connectivity index is 1.35. The highest BCUT2D eigenvalue weighted by molar-refractivity contribution is 7.13. The average molecular weight is 420 g/mol. The summed E-state index contributed by atoms with van der Waals surface area (Å²) in [6.07, 6.45) is 1.91. The molecule has 1 saturated heterocycles. The number of aryl methyl sites for hydroxylation is 1. The summed E-state index contributed by atoms with van der Waals surface area (Å²) in [5.41, 5.74) is 3.86. The fourth-order valence-electron chi connectivity index (χ4n) is 3.67. The van der Waals surface area contributed by atoms with Crippen molar-refractivity contribution in [2.45, 2.75) is 26.2 Å². The fourth-order valence-corrected chi connectivity index (χ4v) is 4.49. The van der Waals surface area contributed by atoms with Crippen LogP contribution < -0.4 is 5.32 Å². The molecule has 0 bridgehead atoms. The van der Waals surface area contributed by atoms with Crippen LogP contribution in [-0.2, 0) is 16.0 Å². The number of nitrogens with one attached hydrogen (secondary N) is 1. The van der Waals surface area contributed by atoms with Crippen LogP contribution in [0.2, 0.25) is 0 Å². The van der Waals surface area contributed by atoms with Crippen LogP contribution in [0.3, 0.4) is 0 Å². The van der Waals surface area contributed by atoms with Gasteiger partial charge in [-0.1, -0.05) is 48.0 Å². The van der Waals surface area contributed by atoms with Gasteiger partial charge in [-0.3, -0.25) is 9.59 Å². The number of thiazole rings is 1. The first-order chi connectivity index (χ1) is 14.6. The minimum Gasteiger partial charge on any atom is -0.342 e. The molecule has 2 aromatic carbocycles. The Bertz CT molecular complexity index is 1010. The molecule has 2 amide bonds. The normalized spacial score (nSPS) is 16.3. The third-order valence-corrected chi connectivity index (χ3v) is 6.31. The Kier molecular flexibility index (Phi) is 6.23. The molecule has 1 aromatic heterocycles. The summed E-state index contributed by atoms with van der Waals surface area (Å²) in [5, 5.41) is 5.84. The van der Waals surface area contributed by atoms with E-state index in [9.17, 15) is 9.59 Å². The predicted octanol–water partition coefficient (Wildman–Crippen LogP) is 4.54. The van der Waals surface area contributed by atoms with Crippen LogP contribution in [0, 0.1) is 12.8 Å². The van der Waals surface area contributed by atoms with Crippen molar-refractivity contribution >= 4 is 28.8 Å². The number of para-hydroxylation sites is 1. The zero-order valence-electron chi connectivity index (χ0n) is 17.0. The molecule has 1 fully saturated rings. The Labute approximate surface area is 180 Å². The van der Waals surface area contributed by atoms with Crippen molar-refractivity contribution in [3.05, 3.63) is 71.2 Å². The van der Waals surface area contributed by atoms with E-state index < -0.39 is 0 Å². The maximum absolute atomic E-state index is 12.8. The molecular formula is C24H25N3O2S. The van der Waals surface area contributed by atoms with Crippen LogP contribution in [-0.4, -0.2) is 34.8 Å². The van der Waals surface area contributed by atoms with Gasteiger partial charge in [0.05, 0.1) is 18.0 Å². The number of hydrogen-bond donors (Lipinski definition) is 1. The van der Waals surface area contributed by atoms with Gasteiger partial charge in [-0.15, -0.1) is 11.3 Å². The Morgan fingerprint density at radius 2 is 1.90 bits per heavy atom. The van der Waals surface area contributed by atoms with E-state index in [0.29, 0.717) is 13.1 Å². The number of piperidine rings is 1. The Hall–Kier alpha value is -2.99. The minimum absolute atomic E-state index is 0.0194. The van der Waals surface area contributed by atoms with Crippen molar-refractivity contribution in [2.24, 2.45) is 5.92 Å². The lowest BCUT2D eigenvalue weighted by Crippen LogP contribution is -2.44. The summed E-state index contributed by atoms with van der Waals surface area (Å²) in [6, 6.07) is 17.7. The van der Waals surface area contributed by atoms with Crippen LogP contribution in [0.5, 0.6) is 0 Å². The highest BCUT2D eigenvalue weighted by atomic mass is 32.1. The van der Waals surface area contributed by atoms with Gasteiger partial charge >= 0.3 is 0 Å². The minimum atomic E-state index is -0.179. The number of amides is 2. The maximum atomic E-state index is 12.8. The van der Waals surface area contributed by atoms with E-state index in [1.54, 1.807) is 11.3 Å². The quantitative estimate of drug-likeness (QED) is 0.660. The van der Waals surface area contributed by atoms with Gasteiger partial charge < -0.3 is 10.2 Å². The highest BCUT2D eigenvalue weighted by Gasteiger charge is 2.28. The molecule has 30 heavy (non-hydrogen) atoms. The predicted molar refractivity (Wildman–Crippen MR) is 120 cm³/mol. The van der Waals surface area contributed by atoms with Gasteiger partial charge in [0.15, 0.2) is 0 Å². The van der Waals surface area contributed by atoms with Crippen molar-refractivity contribution in [3.8, 4) is 10.6 Å². The smallest absolute Gasteiger partial charge is 0.229 e. The Morgan fingerprint density at radius 3 is 2.67 bits per heavy atom. The molecule has 2 heterocycles. The highest BCUT2D eigenvalue weighted by Crippen LogP contribution is 2.25. The second-order valence-electron chi connectivity index (χ2n) is 7.72. The van der Waals surface area contributed by atoms with Crippen molar-refractivity contribution < 1.29 is 9.59 Å². The SMILES string of the molecule is Cc1ccc(-c2nc(CC(=O)N3CCCC(C(=O)Nc4ccccc4)C3)cs2)cc1. The number of rotatable bonds is 5. The molecule has 1 aliphatic heterocycles. The van der Waals surface area contributed by atoms with Crippen molar-refractivity contribution in [1.82, 2.24) is 9.88 Å². The van der Waals surface area contributed by atoms with Gasteiger partial charge in [0, 0.05) is 29.7 Å². The average Bonchev–Trinajstić information content (AvgIpc) is 3.23. The summed E-state index contributed by atoms with van der Waals surface area (Å²) in [6.45, 7) is 3.22. The number of aromatic nitrogens is 1. The molecule has 0 saturated carbocycles. The third-order valence-electron chi connectivity index (χ3n) is 5.37. The molecule has 6 heteroatoms. The standard InChI is InChI=1S/C24H25N3O2S/c1-17-9-11-18(12-10-17)24-26-21(16-30-24)14-22(28)27-13-5-6-19(15-27)23(29)25-20-7-3-2-4-8-20/h2-4,7-12,16,19H,5-6,13-15H2,1H3,(H,25,29). The van der Waals surface area contributed by atoms with E-state index in [-0.39, 0.29) is 24.2 Å². The maximum Gasteiger partial charge on any atom is 0.229 e. The lowest BCUT2D eigenvalue weighted by atomic mass is 9.96. The number of anilines is 1. The lowest BCUT2D eigenvalue weighted by Gasteiger charge is -2.32. The molecule has 154 valence electrons. The number of likely N-dealkylation sites (tertiary alicyclic amines) is 1. The van der Waals surface area contributed by atoms with Crippen LogP contribution in [0.15, 0.2) is 60.0 Å². The van der Waals surface area contributed by atoms with Gasteiger partial charge in [0.2, 0.25) is 11.8 Å². The van der Waals surface area contributed by atoms with E-state index >= 15 is 0 Å². The number of benzene rings is 2. The summed E-state index contributed by atoms with van der Waals surface area (Å²) in [5.74, 6) is -0.163. The summed E-state index contributed by atoms with van der Waals surface area (Å²) in [7, 11) is 0. The van der Waals surface area contributed by atoms with E-state index in [4.69, 9.17) is 0 Å². The first-order valence-electron chi connectivity index (χ1n) is 10.2. The van der Waals surface area contributed by atoms with E-state index in [1.165, 1.54) is 5.56 Å². The second kappa shape index (κ2) is 9.22. The van der Waals surface area contributed by atoms with Crippen molar-refractivity contribution in [3.63, 3.8) is 0 Å². The van der Waals surface area contributed by atoms with Crippen molar-refractivity contribution in [1.29, 1.82) is 0 Å². The van der Waals surface area contributed by atoms with Gasteiger partial charge in [-0.05, 0) is 31.9 Å². The fraction of sp³-hybridized carbons (Fsp3) is 0.292. The molecule has 4 rings (SSSR count). The number of carbonyl (C=O) groups excluding carboxylic acids is 2. The molecule has 0 spiro atoms. The largest absolute Gasteiger partial charge is 0.342 e. The molecule has 1 aliphatic rings. The number of hydrogen-bond acceptors (Lipinski definition) is 4. The first-order valence-corrected chi connectivity index (χ1v) is 11.1. The molecule has 3 aromatic rings. The van der Waals surface area contributed by atoms with Crippen LogP contribution in [0.1, 0.15) is 24.1 Å². The molecule has 1 atom stereocenters. The topological polar surface area (TPSA) is 62.3 Å². The van der Waals surface area contributed by atoms with Crippen LogP contribution in [0.25, 0.3) is 10.6 Å². The number of carbonyl (C=O) groups is 2. The van der Waals surface area contributed by atoms with Gasteiger partial charge in [-0.25, -0.2) is 4.98 Å². The second-order valence-corrected chi connectivity index (χ2v) is 8.58. The van der Waals surface area contributed by atoms with E-state index in [2.05, 4.69) is 41.5 Å². The zero-order valence-corrected chi connectivity index (χ0v) is 17.8. The van der Waals surface area contributed by atoms with E-state index in [1.807, 2.05) is 40.6 Å². The summed E-state index contributed by atoms with van der Waals surface area (Å²) >= 11 is 1.56. The summed E-state index contributed by atoms with van der Waals surface area (Å²) < 4.78 is 0. The zero-order chi connectivity index (χ0) is 20.9. The van der Waals surface area contributed by atoms with Crippen LogP contribution in [0.4, 0.5) is 5.69 Å². The molecular weight excluding hydrogens is 394 g/mol. The molecule has 0 aliphatic carbocycles. The molecule has 1 unspecified atom stereocenters. The molecule has 0 radical (unpaired) electrons.